The van der Waals surface area contributed by atoms with Crippen LogP contribution >= 0.6 is 11.8 Å². The fourth-order valence-electron chi connectivity index (χ4n) is 3.17. The van der Waals surface area contributed by atoms with Crippen molar-refractivity contribution in [1.82, 2.24) is 9.88 Å². The minimum atomic E-state index is -0.351. The van der Waals surface area contributed by atoms with E-state index in [0.717, 1.165) is 38.2 Å². The van der Waals surface area contributed by atoms with Gasteiger partial charge in [-0.15, -0.1) is 0 Å². The third kappa shape index (κ3) is 5.67. The lowest BCUT2D eigenvalue weighted by Crippen LogP contribution is -2.43. The Bertz CT molecular complexity index is 491. The Hall–Kier alpha value is -1.27. The van der Waals surface area contributed by atoms with E-state index >= 15 is 0 Å². The van der Waals surface area contributed by atoms with Crippen molar-refractivity contribution in [2.24, 2.45) is 11.7 Å². The SMILES string of the molecule is CSCCC(N)C(=O)N(C)CCC1CCN(c2ccncc2)CC1. The van der Waals surface area contributed by atoms with E-state index in [2.05, 4.69) is 22.0 Å². The van der Waals surface area contributed by atoms with Crippen LogP contribution in [0.1, 0.15) is 25.7 Å². The van der Waals surface area contributed by atoms with E-state index in [0.29, 0.717) is 5.92 Å². The minimum absolute atomic E-state index is 0.0817. The highest BCUT2D eigenvalue weighted by atomic mass is 32.2. The largest absolute Gasteiger partial charge is 0.371 e. The summed E-state index contributed by atoms with van der Waals surface area (Å²) in [7, 11) is 1.88. The molecule has 134 valence electrons. The molecule has 24 heavy (non-hydrogen) atoms. The molecule has 2 N–H and O–H groups in total. The van der Waals surface area contributed by atoms with Crippen molar-refractivity contribution in [2.75, 3.05) is 43.6 Å². The Balaban J connectivity index is 1.69. The first-order valence-corrected chi connectivity index (χ1v) is 10.2. The highest BCUT2D eigenvalue weighted by Gasteiger charge is 2.22. The summed E-state index contributed by atoms with van der Waals surface area (Å²) in [6.07, 6.45) is 9.94. The van der Waals surface area contributed by atoms with Gasteiger partial charge in [0.05, 0.1) is 6.04 Å². The normalized spacial score (nSPS) is 16.9. The van der Waals surface area contributed by atoms with E-state index in [1.807, 2.05) is 30.6 Å². The van der Waals surface area contributed by atoms with Crippen LogP contribution in [0.5, 0.6) is 0 Å². The maximum atomic E-state index is 12.2. The van der Waals surface area contributed by atoms with Crippen LogP contribution in [-0.4, -0.2) is 60.5 Å². The molecule has 1 aliphatic heterocycles. The van der Waals surface area contributed by atoms with E-state index < -0.39 is 0 Å². The molecule has 5 nitrogen and oxygen atoms in total. The van der Waals surface area contributed by atoms with Gasteiger partial charge in [0.1, 0.15) is 0 Å². The molecule has 1 aromatic rings. The van der Waals surface area contributed by atoms with Gasteiger partial charge in [-0.3, -0.25) is 9.78 Å². The Morgan fingerprint density at radius 2 is 2.08 bits per heavy atom. The average molecular weight is 351 g/mol. The molecule has 1 amide bonds. The third-order valence-corrected chi connectivity index (χ3v) is 5.49. The number of nitrogens with two attached hydrogens (primary N) is 1. The third-order valence-electron chi connectivity index (χ3n) is 4.84. The molecule has 0 spiro atoms. The summed E-state index contributed by atoms with van der Waals surface area (Å²) in [5.74, 6) is 1.72. The van der Waals surface area contributed by atoms with Crippen molar-refractivity contribution in [1.29, 1.82) is 0 Å². The quantitative estimate of drug-likeness (QED) is 0.779. The Morgan fingerprint density at radius 3 is 2.71 bits per heavy atom. The second-order valence-electron chi connectivity index (χ2n) is 6.57. The molecule has 0 radical (unpaired) electrons. The molecular weight excluding hydrogens is 320 g/mol. The predicted octanol–water partition coefficient (Wildman–Crippen LogP) is 2.23. The fourth-order valence-corrected chi connectivity index (χ4v) is 3.66. The monoisotopic (exact) mass is 350 g/mol. The molecule has 1 aromatic heterocycles. The predicted molar refractivity (Wildman–Crippen MR) is 102 cm³/mol. The number of aromatic nitrogens is 1. The molecule has 0 bridgehead atoms. The van der Waals surface area contributed by atoms with E-state index in [-0.39, 0.29) is 11.9 Å². The zero-order valence-electron chi connectivity index (χ0n) is 14.9. The topological polar surface area (TPSA) is 62.5 Å². The highest BCUT2D eigenvalue weighted by molar-refractivity contribution is 7.98. The van der Waals surface area contributed by atoms with Crippen LogP contribution in [0.25, 0.3) is 0 Å². The summed E-state index contributed by atoms with van der Waals surface area (Å²) in [6, 6.07) is 3.79. The number of pyridine rings is 1. The lowest BCUT2D eigenvalue weighted by Gasteiger charge is -2.34. The molecule has 2 heterocycles. The number of likely N-dealkylation sites (N-methyl/N-ethyl adjacent to an activating group) is 1. The van der Waals surface area contributed by atoms with Gasteiger partial charge in [-0.25, -0.2) is 0 Å². The van der Waals surface area contributed by atoms with Gasteiger partial charge in [-0.1, -0.05) is 0 Å². The highest BCUT2D eigenvalue weighted by Crippen LogP contribution is 2.24. The van der Waals surface area contributed by atoms with E-state index in [9.17, 15) is 4.79 Å². The van der Waals surface area contributed by atoms with Crippen molar-refractivity contribution in [3.63, 3.8) is 0 Å². The average Bonchev–Trinajstić information content (AvgIpc) is 2.64. The van der Waals surface area contributed by atoms with Crippen molar-refractivity contribution in [2.45, 2.75) is 31.7 Å². The van der Waals surface area contributed by atoms with Gasteiger partial charge in [0.25, 0.3) is 0 Å². The van der Waals surface area contributed by atoms with Crippen LogP contribution in [0.2, 0.25) is 0 Å². The van der Waals surface area contributed by atoms with Gasteiger partial charge >= 0.3 is 0 Å². The Kier molecular flexibility index (Phi) is 7.85. The summed E-state index contributed by atoms with van der Waals surface area (Å²) in [6.45, 7) is 2.98. The minimum Gasteiger partial charge on any atom is -0.371 e. The molecule has 0 aromatic carbocycles. The van der Waals surface area contributed by atoms with Gasteiger partial charge in [0, 0.05) is 44.8 Å². The van der Waals surface area contributed by atoms with Crippen LogP contribution in [0.3, 0.4) is 0 Å². The number of piperidine rings is 1. The first kappa shape index (κ1) is 19.1. The Morgan fingerprint density at radius 1 is 1.42 bits per heavy atom. The molecule has 1 unspecified atom stereocenters. The van der Waals surface area contributed by atoms with Gasteiger partial charge in [0.2, 0.25) is 5.91 Å². The van der Waals surface area contributed by atoms with Crippen molar-refractivity contribution in [3.8, 4) is 0 Å². The number of anilines is 1. The summed E-state index contributed by atoms with van der Waals surface area (Å²) < 4.78 is 0. The van der Waals surface area contributed by atoms with Crippen LogP contribution in [0.4, 0.5) is 5.69 Å². The zero-order chi connectivity index (χ0) is 17.4. The Labute approximate surface area is 150 Å². The summed E-state index contributed by atoms with van der Waals surface area (Å²) in [4.78, 5) is 20.6. The fraction of sp³-hybridized carbons (Fsp3) is 0.667. The van der Waals surface area contributed by atoms with Crippen molar-refractivity contribution < 1.29 is 4.79 Å². The molecule has 0 saturated carbocycles. The molecule has 1 atom stereocenters. The first-order valence-electron chi connectivity index (χ1n) is 8.76. The van der Waals surface area contributed by atoms with Gasteiger partial charge in [-0.05, 0) is 55.7 Å². The number of hydrogen-bond donors (Lipinski definition) is 1. The van der Waals surface area contributed by atoms with Crippen LogP contribution in [-0.2, 0) is 4.79 Å². The molecule has 1 fully saturated rings. The summed E-state index contributed by atoms with van der Waals surface area (Å²) in [5, 5.41) is 0. The smallest absolute Gasteiger partial charge is 0.239 e. The molecule has 6 heteroatoms. The number of nitrogens with zero attached hydrogens (tertiary/aromatic N) is 3. The van der Waals surface area contributed by atoms with Crippen LogP contribution in [0, 0.1) is 5.92 Å². The lowest BCUT2D eigenvalue weighted by atomic mass is 9.93. The van der Waals surface area contributed by atoms with E-state index in [4.69, 9.17) is 5.73 Å². The second kappa shape index (κ2) is 9.89. The number of carbonyl (C=O) groups is 1. The number of carbonyl (C=O) groups excluding carboxylic acids is 1. The van der Waals surface area contributed by atoms with E-state index in [1.54, 1.807) is 11.8 Å². The summed E-state index contributed by atoms with van der Waals surface area (Å²) >= 11 is 1.73. The second-order valence-corrected chi connectivity index (χ2v) is 7.56. The number of thioether (sulfide) groups is 1. The zero-order valence-corrected chi connectivity index (χ0v) is 15.7. The number of amides is 1. The maximum absolute atomic E-state index is 12.2. The lowest BCUT2D eigenvalue weighted by molar-refractivity contribution is -0.131. The maximum Gasteiger partial charge on any atom is 0.239 e. The number of rotatable bonds is 8. The van der Waals surface area contributed by atoms with E-state index in [1.165, 1.54) is 18.5 Å². The van der Waals surface area contributed by atoms with Crippen molar-refractivity contribution in [3.05, 3.63) is 24.5 Å². The first-order chi connectivity index (χ1) is 11.6. The molecule has 1 saturated heterocycles. The van der Waals surface area contributed by atoms with Gasteiger partial charge in [-0.2, -0.15) is 11.8 Å². The van der Waals surface area contributed by atoms with Gasteiger partial charge < -0.3 is 15.5 Å². The molecule has 2 rings (SSSR count). The van der Waals surface area contributed by atoms with Gasteiger partial charge in [0.15, 0.2) is 0 Å². The van der Waals surface area contributed by atoms with Crippen LogP contribution in [0.15, 0.2) is 24.5 Å². The van der Waals surface area contributed by atoms with Crippen LogP contribution < -0.4 is 10.6 Å². The molecular formula is C18H30N4OS. The van der Waals surface area contributed by atoms with Crippen molar-refractivity contribution >= 4 is 23.4 Å². The standard InChI is InChI=1S/C18H30N4OS/c1-21(18(23)17(19)8-14-24-2)11-5-15-6-12-22(13-7-15)16-3-9-20-10-4-16/h3-4,9-10,15,17H,5-8,11-14,19H2,1-2H3. The molecule has 0 aliphatic carbocycles. The molecule has 1 aliphatic rings. The number of hydrogen-bond acceptors (Lipinski definition) is 5. The summed E-state index contributed by atoms with van der Waals surface area (Å²) in [5.41, 5.74) is 7.24.